The largest absolute Gasteiger partial charge is 0.477 e. The van der Waals surface area contributed by atoms with Crippen LogP contribution in [0.5, 0.6) is 0 Å². The van der Waals surface area contributed by atoms with Crippen LogP contribution in [0.25, 0.3) is 0 Å². The first-order chi connectivity index (χ1) is 9.94. The van der Waals surface area contributed by atoms with Gasteiger partial charge in [0.25, 0.3) is 10.0 Å². The van der Waals surface area contributed by atoms with Crippen molar-refractivity contribution in [2.75, 3.05) is 11.8 Å². The summed E-state index contributed by atoms with van der Waals surface area (Å²) in [5.41, 5.74) is 1.27. The highest BCUT2D eigenvalue weighted by Gasteiger charge is 2.20. The molecule has 112 valence electrons. The molecule has 21 heavy (non-hydrogen) atoms. The van der Waals surface area contributed by atoms with Crippen LogP contribution in [0.1, 0.15) is 15.2 Å². The lowest BCUT2D eigenvalue weighted by Gasteiger charge is -2.11. The smallest absolute Gasteiger partial charge is 0.345 e. The number of carboxylic acid groups (broad SMARTS) is 1. The Balaban J connectivity index is 2.30. The lowest BCUT2D eigenvalue weighted by molar-refractivity contribution is 0.0702. The number of para-hydroxylation sites is 1. The summed E-state index contributed by atoms with van der Waals surface area (Å²) in [5, 5.41) is 11.8. The summed E-state index contributed by atoms with van der Waals surface area (Å²) in [6, 6.07) is 9.59. The van der Waals surface area contributed by atoms with Gasteiger partial charge in [-0.25, -0.2) is 13.2 Å². The number of rotatable bonds is 6. The van der Waals surface area contributed by atoms with E-state index >= 15 is 0 Å². The Bertz CT molecular complexity index is 753. The Morgan fingerprint density at radius 2 is 1.95 bits per heavy atom. The van der Waals surface area contributed by atoms with Crippen LogP contribution >= 0.6 is 11.3 Å². The molecule has 0 radical (unpaired) electrons. The van der Waals surface area contributed by atoms with Gasteiger partial charge in [-0.2, -0.15) is 0 Å². The minimum atomic E-state index is -3.79. The molecule has 0 amide bonds. The number of anilines is 1. The zero-order valence-corrected chi connectivity index (χ0v) is 12.8. The van der Waals surface area contributed by atoms with Crippen LogP contribution in [0, 0.1) is 0 Å². The quantitative estimate of drug-likeness (QED) is 0.754. The number of benzene rings is 1. The maximum Gasteiger partial charge on any atom is 0.345 e. The minimum absolute atomic E-state index is 0.0149. The molecule has 1 heterocycles. The number of hydrogen-bond donors (Lipinski definition) is 3. The molecule has 0 fully saturated rings. The van der Waals surface area contributed by atoms with Crippen molar-refractivity contribution in [3.8, 4) is 0 Å². The van der Waals surface area contributed by atoms with Gasteiger partial charge in [0, 0.05) is 6.54 Å². The molecule has 0 saturated heterocycles. The number of nitrogens with one attached hydrogen (secondary N) is 2. The fourth-order valence-electron chi connectivity index (χ4n) is 1.74. The van der Waals surface area contributed by atoms with E-state index in [2.05, 4.69) is 10.0 Å². The summed E-state index contributed by atoms with van der Waals surface area (Å²) in [7, 11) is -2.02. The summed E-state index contributed by atoms with van der Waals surface area (Å²) in [4.78, 5) is 10.8. The summed E-state index contributed by atoms with van der Waals surface area (Å²) in [5.74, 6) is -1.14. The van der Waals surface area contributed by atoms with Crippen molar-refractivity contribution in [1.82, 2.24) is 5.32 Å². The van der Waals surface area contributed by atoms with E-state index < -0.39 is 16.0 Å². The highest BCUT2D eigenvalue weighted by molar-refractivity contribution is 7.94. The second-order valence-electron chi connectivity index (χ2n) is 4.22. The van der Waals surface area contributed by atoms with E-state index in [-0.39, 0.29) is 9.09 Å². The zero-order valence-electron chi connectivity index (χ0n) is 11.2. The lowest BCUT2D eigenvalue weighted by Crippen LogP contribution is -2.15. The third kappa shape index (κ3) is 3.60. The van der Waals surface area contributed by atoms with Crippen LogP contribution < -0.4 is 10.0 Å². The molecular formula is C13H14N2O4S2. The van der Waals surface area contributed by atoms with Crippen molar-refractivity contribution in [2.45, 2.75) is 10.8 Å². The molecule has 0 aliphatic rings. The van der Waals surface area contributed by atoms with Crippen molar-refractivity contribution >= 4 is 33.0 Å². The van der Waals surface area contributed by atoms with Crippen molar-refractivity contribution in [2.24, 2.45) is 0 Å². The first-order valence-corrected chi connectivity index (χ1v) is 8.32. The van der Waals surface area contributed by atoms with Crippen molar-refractivity contribution < 1.29 is 18.3 Å². The monoisotopic (exact) mass is 326 g/mol. The fraction of sp³-hybridized carbons (Fsp3) is 0.154. The predicted octanol–water partition coefficient (Wildman–Crippen LogP) is 1.97. The van der Waals surface area contributed by atoms with E-state index in [1.165, 1.54) is 12.1 Å². The molecule has 0 atom stereocenters. The summed E-state index contributed by atoms with van der Waals surface area (Å²) in [6.07, 6.45) is 0. The lowest BCUT2D eigenvalue weighted by atomic mass is 10.2. The molecule has 0 saturated carbocycles. The number of carbonyl (C=O) groups is 1. The molecule has 0 aliphatic carbocycles. The van der Waals surface area contributed by atoms with E-state index in [1.807, 2.05) is 12.1 Å². The van der Waals surface area contributed by atoms with Crippen LogP contribution in [0.15, 0.2) is 40.6 Å². The number of carboxylic acids is 1. The normalized spacial score (nSPS) is 11.3. The van der Waals surface area contributed by atoms with Gasteiger partial charge in [-0.05, 0) is 30.8 Å². The molecule has 0 bridgehead atoms. The Morgan fingerprint density at radius 3 is 2.57 bits per heavy atom. The van der Waals surface area contributed by atoms with E-state index in [4.69, 9.17) is 5.11 Å². The molecule has 0 aliphatic heterocycles. The van der Waals surface area contributed by atoms with Gasteiger partial charge in [0.05, 0.1) is 5.69 Å². The number of sulfonamides is 1. The first-order valence-electron chi connectivity index (χ1n) is 6.02. The molecule has 1 aromatic heterocycles. The van der Waals surface area contributed by atoms with E-state index in [9.17, 15) is 13.2 Å². The maximum absolute atomic E-state index is 12.3. The van der Waals surface area contributed by atoms with Gasteiger partial charge in [0.2, 0.25) is 0 Å². The Labute approximate surface area is 126 Å². The second kappa shape index (κ2) is 6.25. The van der Waals surface area contributed by atoms with Crippen LogP contribution in [-0.2, 0) is 16.6 Å². The van der Waals surface area contributed by atoms with E-state index in [0.29, 0.717) is 12.2 Å². The molecule has 3 N–H and O–H groups in total. The molecule has 2 aromatic rings. The van der Waals surface area contributed by atoms with Crippen LogP contribution in [-0.4, -0.2) is 26.5 Å². The molecule has 6 nitrogen and oxygen atoms in total. The molecule has 0 spiro atoms. The summed E-state index contributed by atoms with van der Waals surface area (Å²) >= 11 is 0.721. The number of aromatic carboxylic acids is 1. The predicted molar refractivity (Wildman–Crippen MR) is 81.3 cm³/mol. The van der Waals surface area contributed by atoms with Gasteiger partial charge >= 0.3 is 5.97 Å². The Morgan fingerprint density at radius 1 is 1.24 bits per heavy atom. The minimum Gasteiger partial charge on any atom is -0.477 e. The average Bonchev–Trinajstić information content (AvgIpc) is 2.92. The SMILES string of the molecule is CNCc1ccccc1NS(=O)(=O)c1ccc(C(=O)O)s1. The summed E-state index contributed by atoms with van der Waals surface area (Å²) < 4.78 is 27.0. The Kier molecular flexibility index (Phi) is 4.61. The fourth-order valence-corrected chi connectivity index (χ4v) is 3.98. The molecular weight excluding hydrogens is 312 g/mol. The first kappa shape index (κ1) is 15.5. The number of hydrogen-bond acceptors (Lipinski definition) is 5. The van der Waals surface area contributed by atoms with Gasteiger partial charge in [0.15, 0.2) is 0 Å². The van der Waals surface area contributed by atoms with Gasteiger partial charge < -0.3 is 10.4 Å². The van der Waals surface area contributed by atoms with Crippen molar-refractivity contribution in [3.05, 3.63) is 46.8 Å². The second-order valence-corrected chi connectivity index (χ2v) is 7.21. The molecule has 1 aromatic carbocycles. The van der Waals surface area contributed by atoms with E-state index in [1.54, 1.807) is 19.2 Å². The maximum atomic E-state index is 12.3. The topological polar surface area (TPSA) is 95.5 Å². The van der Waals surface area contributed by atoms with Gasteiger partial charge in [0.1, 0.15) is 9.09 Å². The number of thiophene rings is 1. The Hall–Kier alpha value is -1.90. The van der Waals surface area contributed by atoms with Gasteiger partial charge in [-0.15, -0.1) is 11.3 Å². The molecule has 0 unspecified atom stereocenters. The highest BCUT2D eigenvalue weighted by Crippen LogP contribution is 2.25. The van der Waals surface area contributed by atoms with E-state index in [0.717, 1.165) is 16.9 Å². The highest BCUT2D eigenvalue weighted by atomic mass is 32.2. The zero-order chi connectivity index (χ0) is 15.5. The third-order valence-corrected chi connectivity index (χ3v) is 5.62. The molecule has 2 rings (SSSR count). The van der Waals surface area contributed by atoms with Crippen LogP contribution in [0.2, 0.25) is 0 Å². The summed E-state index contributed by atoms with van der Waals surface area (Å²) in [6.45, 7) is 0.517. The molecule has 8 heteroatoms. The average molecular weight is 326 g/mol. The van der Waals surface area contributed by atoms with Crippen molar-refractivity contribution in [1.29, 1.82) is 0 Å². The van der Waals surface area contributed by atoms with Crippen molar-refractivity contribution in [3.63, 3.8) is 0 Å². The van der Waals surface area contributed by atoms with Gasteiger partial charge in [-0.1, -0.05) is 18.2 Å². The van der Waals surface area contributed by atoms with Crippen LogP contribution in [0.3, 0.4) is 0 Å². The third-order valence-electron chi connectivity index (χ3n) is 2.69. The van der Waals surface area contributed by atoms with Gasteiger partial charge in [-0.3, -0.25) is 4.72 Å². The standard InChI is InChI=1S/C13H14N2O4S2/c1-14-8-9-4-2-3-5-10(9)15-21(18,19)12-7-6-11(20-12)13(16)17/h2-7,14-15H,8H2,1H3,(H,16,17). The van der Waals surface area contributed by atoms with Crippen LogP contribution in [0.4, 0.5) is 5.69 Å².